The molecule has 0 N–H and O–H groups in total. The van der Waals surface area contributed by atoms with Crippen LogP contribution >= 0.6 is 0 Å². The highest BCUT2D eigenvalue weighted by molar-refractivity contribution is 5.82. The first-order valence-corrected chi connectivity index (χ1v) is 5.99. The summed E-state index contributed by atoms with van der Waals surface area (Å²) in [5.74, 6) is 0.0278. The lowest BCUT2D eigenvalue weighted by Crippen LogP contribution is -2.19. The standard InChI is InChI=1S/C15H18O3/c1-2-3-9-14(17)10-15(11-16)18-12-13-7-5-4-6-8-13/h2,4-8,11,15H,1,3,9-10,12H2/t15-/m1/s1. The first-order valence-electron chi connectivity index (χ1n) is 5.99. The maximum Gasteiger partial charge on any atom is 0.149 e. The number of carbonyl (C=O) groups is 2. The zero-order valence-corrected chi connectivity index (χ0v) is 10.4. The molecule has 3 nitrogen and oxygen atoms in total. The molecule has 18 heavy (non-hydrogen) atoms. The highest BCUT2D eigenvalue weighted by Crippen LogP contribution is 2.07. The molecular weight excluding hydrogens is 228 g/mol. The van der Waals surface area contributed by atoms with Crippen LogP contribution in [0, 0.1) is 0 Å². The van der Waals surface area contributed by atoms with E-state index in [2.05, 4.69) is 6.58 Å². The Hall–Kier alpha value is -1.74. The number of benzene rings is 1. The second-order valence-corrected chi connectivity index (χ2v) is 4.04. The molecule has 0 radical (unpaired) electrons. The van der Waals surface area contributed by atoms with Gasteiger partial charge >= 0.3 is 0 Å². The average molecular weight is 246 g/mol. The van der Waals surface area contributed by atoms with E-state index >= 15 is 0 Å². The van der Waals surface area contributed by atoms with Gasteiger partial charge in [-0.05, 0) is 12.0 Å². The molecule has 0 spiro atoms. The Morgan fingerprint density at radius 1 is 1.33 bits per heavy atom. The van der Waals surface area contributed by atoms with Gasteiger partial charge in [-0.25, -0.2) is 0 Å². The highest BCUT2D eigenvalue weighted by atomic mass is 16.5. The molecule has 0 saturated heterocycles. The summed E-state index contributed by atoms with van der Waals surface area (Å²) in [4.78, 5) is 22.3. The summed E-state index contributed by atoms with van der Waals surface area (Å²) in [5.41, 5.74) is 0.989. The van der Waals surface area contributed by atoms with Gasteiger partial charge in [-0.3, -0.25) is 4.79 Å². The molecule has 0 aromatic heterocycles. The molecular formula is C15H18O3. The summed E-state index contributed by atoms with van der Waals surface area (Å²) in [7, 11) is 0. The number of ether oxygens (including phenoxy) is 1. The van der Waals surface area contributed by atoms with E-state index in [9.17, 15) is 9.59 Å². The van der Waals surface area contributed by atoms with Crippen LogP contribution in [0.2, 0.25) is 0 Å². The number of rotatable bonds is 9. The molecule has 0 fully saturated rings. The van der Waals surface area contributed by atoms with Crippen molar-refractivity contribution in [2.75, 3.05) is 0 Å². The fourth-order valence-electron chi connectivity index (χ4n) is 1.51. The van der Waals surface area contributed by atoms with Crippen LogP contribution < -0.4 is 0 Å². The van der Waals surface area contributed by atoms with Gasteiger partial charge in [0.25, 0.3) is 0 Å². The number of aldehydes is 1. The fraction of sp³-hybridized carbons (Fsp3) is 0.333. The molecule has 0 saturated carbocycles. The van der Waals surface area contributed by atoms with Crippen molar-refractivity contribution in [1.82, 2.24) is 0 Å². The van der Waals surface area contributed by atoms with Crippen molar-refractivity contribution >= 4 is 12.1 Å². The summed E-state index contributed by atoms with van der Waals surface area (Å²) in [5, 5.41) is 0. The molecule has 0 aliphatic heterocycles. The summed E-state index contributed by atoms with van der Waals surface area (Å²) < 4.78 is 5.41. The van der Waals surface area contributed by atoms with E-state index in [1.54, 1.807) is 6.08 Å². The number of hydrogen-bond donors (Lipinski definition) is 0. The lowest BCUT2D eigenvalue weighted by atomic mass is 10.1. The first kappa shape index (κ1) is 14.3. The van der Waals surface area contributed by atoms with E-state index in [0.717, 1.165) is 5.56 Å². The van der Waals surface area contributed by atoms with E-state index in [0.29, 0.717) is 25.7 Å². The molecule has 0 bridgehead atoms. The summed E-state index contributed by atoms with van der Waals surface area (Å²) in [6.45, 7) is 3.90. The van der Waals surface area contributed by atoms with Crippen LogP contribution in [0.1, 0.15) is 24.8 Å². The molecule has 3 heteroatoms. The van der Waals surface area contributed by atoms with Crippen LogP contribution in [0.25, 0.3) is 0 Å². The van der Waals surface area contributed by atoms with Crippen LogP contribution in [0.15, 0.2) is 43.0 Å². The molecule has 1 aromatic carbocycles. The van der Waals surface area contributed by atoms with E-state index in [1.807, 2.05) is 30.3 Å². The number of hydrogen-bond acceptors (Lipinski definition) is 3. The topological polar surface area (TPSA) is 43.4 Å². The second-order valence-electron chi connectivity index (χ2n) is 4.04. The number of allylic oxidation sites excluding steroid dienone is 1. The van der Waals surface area contributed by atoms with Gasteiger partial charge in [0.1, 0.15) is 18.2 Å². The Labute approximate surface area is 107 Å². The zero-order chi connectivity index (χ0) is 13.2. The van der Waals surface area contributed by atoms with Crippen molar-refractivity contribution < 1.29 is 14.3 Å². The van der Waals surface area contributed by atoms with Gasteiger partial charge in [0.05, 0.1) is 6.61 Å². The van der Waals surface area contributed by atoms with Crippen LogP contribution in [0.4, 0.5) is 0 Å². The Morgan fingerprint density at radius 3 is 2.67 bits per heavy atom. The largest absolute Gasteiger partial charge is 0.366 e. The van der Waals surface area contributed by atoms with E-state index in [1.165, 1.54) is 0 Å². The van der Waals surface area contributed by atoms with Crippen LogP contribution in [-0.2, 0) is 20.9 Å². The van der Waals surface area contributed by atoms with E-state index in [-0.39, 0.29) is 12.2 Å². The predicted molar refractivity (Wildman–Crippen MR) is 70.1 cm³/mol. The first-order chi connectivity index (χ1) is 8.76. The molecule has 1 aromatic rings. The summed E-state index contributed by atoms with van der Waals surface area (Å²) in [6.07, 6.45) is 2.94. The molecule has 0 aliphatic carbocycles. The SMILES string of the molecule is C=CCCC(=O)C[C@H](C=O)OCc1ccccc1. The van der Waals surface area contributed by atoms with Crippen molar-refractivity contribution in [3.63, 3.8) is 0 Å². The molecule has 0 unspecified atom stereocenters. The van der Waals surface area contributed by atoms with Gasteiger partial charge in [0.2, 0.25) is 0 Å². The van der Waals surface area contributed by atoms with Crippen molar-refractivity contribution in [3.05, 3.63) is 48.6 Å². The molecule has 0 aliphatic rings. The molecule has 1 atom stereocenters. The smallest absolute Gasteiger partial charge is 0.149 e. The Kier molecular flexibility index (Phi) is 6.66. The minimum Gasteiger partial charge on any atom is -0.366 e. The predicted octanol–water partition coefficient (Wildman–Crippen LogP) is 2.70. The molecule has 0 heterocycles. The Bertz CT molecular complexity index is 384. The Morgan fingerprint density at radius 2 is 2.06 bits per heavy atom. The van der Waals surface area contributed by atoms with Gasteiger partial charge in [0, 0.05) is 12.8 Å². The maximum atomic E-state index is 11.5. The lowest BCUT2D eigenvalue weighted by Gasteiger charge is -2.11. The van der Waals surface area contributed by atoms with Gasteiger partial charge in [-0.2, -0.15) is 0 Å². The third-order valence-corrected chi connectivity index (χ3v) is 2.51. The van der Waals surface area contributed by atoms with Gasteiger partial charge in [-0.1, -0.05) is 36.4 Å². The van der Waals surface area contributed by atoms with E-state index < -0.39 is 6.10 Å². The number of carbonyl (C=O) groups excluding carboxylic acids is 2. The van der Waals surface area contributed by atoms with Gasteiger partial charge in [0.15, 0.2) is 0 Å². The summed E-state index contributed by atoms with van der Waals surface area (Å²) in [6, 6.07) is 9.57. The highest BCUT2D eigenvalue weighted by Gasteiger charge is 2.13. The van der Waals surface area contributed by atoms with Crippen LogP contribution in [0.5, 0.6) is 0 Å². The average Bonchev–Trinajstić information content (AvgIpc) is 2.42. The van der Waals surface area contributed by atoms with Crippen molar-refractivity contribution in [1.29, 1.82) is 0 Å². The molecule has 96 valence electrons. The minimum atomic E-state index is -0.650. The quantitative estimate of drug-likeness (QED) is 0.497. The minimum absolute atomic E-state index is 0.0278. The Balaban J connectivity index is 2.35. The van der Waals surface area contributed by atoms with Crippen LogP contribution in [0.3, 0.4) is 0 Å². The van der Waals surface area contributed by atoms with E-state index in [4.69, 9.17) is 4.74 Å². The number of ketones is 1. The van der Waals surface area contributed by atoms with Crippen molar-refractivity contribution in [2.45, 2.75) is 32.0 Å². The lowest BCUT2D eigenvalue weighted by molar-refractivity contribution is -0.128. The fourth-order valence-corrected chi connectivity index (χ4v) is 1.51. The zero-order valence-electron chi connectivity index (χ0n) is 10.4. The monoisotopic (exact) mass is 246 g/mol. The summed E-state index contributed by atoms with van der Waals surface area (Å²) >= 11 is 0. The van der Waals surface area contributed by atoms with Crippen LogP contribution in [-0.4, -0.2) is 18.2 Å². The van der Waals surface area contributed by atoms with Crippen molar-refractivity contribution in [2.24, 2.45) is 0 Å². The van der Waals surface area contributed by atoms with Gasteiger partial charge in [-0.15, -0.1) is 6.58 Å². The van der Waals surface area contributed by atoms with Crippen molar-refractivity contribution in [3.8, 4) is 0 Å². The van der Waals surface area contributed by atoms with Gasteiger partial charge < -0.3 is 9.53 Å². The third kappa shape index (κ3) is 5.55. The number of Topliss-reactive ketones (excluding diaryl/α,β-unsaturated/α-hetero) is 1. The normalized spacial score (nSPS) is 11.8. The molecule has 0 amide bonds. The second kappa shape index (κ2) is 8.37. The third-order valence-electron chi connectivity index (χ3n) is 2.51. The molecule has 1 rings (SSSR count). The maximum absolute atomic E-state index is 11.5.